The number of aliphatic hydroxyl groups is 3. The highest BCUT2D eigenvalue weighted by Crippen LogP contribution is 2.15. The molecule has 0 radical (unpaired) electrons. The maximum atomic E-state index is 9.19. The van der Waals surface area contributed by atoms with Crippen molar-refractivity contribution in [3.05, 3.63) is 0 Å². The van der Waals surface area contributed by atoms with Crippen LogP contribution in [0.15, 0.2) is 0 Å². The van der Waals surface area contributed by atoms with Gasteiger partial charge in [0.25, 0.3) is 0 Å². The molecule has 1 aliphatic rings. The molecule has 0 aromatic heterocycles. The number of rotatable bonds is 1. The topological polar surface area (TPSA) is 79.2 Å². The van der Waals surface area contributed by atoms with E-state index < -0.39 is 24.6 Å². The Morgan fingerprint density at radius 3 is 2.45 bits per heavy atom. The lowest BCUT2D eigenvalue weighted by Crippen LogP contribution is -2.53. The van der Waals surface area contributed by atoms with Crippen molar-refractivity contribution in [2.45, 2.75) is 24.6 Å². The minimum Gasteiger partial charge on any atom is -0.388 e. The lowest BCUT2D eigenvalue weighted by atomic mass is 10.1. The van der Waals surface area contributed by atoms with Crippen LogP contribution in [-0.4, -0.2) is 53.6 Å². The van der Waals surface area contributed by atoms with Crippen molar-refractivity contribution >= 4 is 0 Å². The van der Waals surface area contributed by atoms with Crippen molar-refractivity contribution in [3.63, 3.8) is 0 Å². The summed E-state index contributed by atoms with van der Waals surface area (Å²) in [6.07, 6.45) is -4.08. The van der Waals surface area contributed by atoms with Crippen LogP contribution in [0.5, 0.6) is 0 Å². The van der Waals surface area contributed by atoms with Gasteiger partial charge in [-0.15, -0.1) is 0 Å². The van der Waals surface area contributed by atoms with Gasteiger partial charge in [0.05, 0.1) is 6.61 Å². The molecule has 1 saturated heterocycles. The quantitative estimate of drug-likeness (QED) is 0.420. The SMILES string of the molecule is CO[C@H]1[C@@H](O)[C@H](O)CO[C@@H]1O. The van der Waals surface area contributed by atoms with E-state index in [0.717, 1.165) is 0 Å². The van der Waals surface area contributed by atoms with E-state index in [4.69, 9.17) is 14.9 Å². The fraction of sp³-hybridized carbons (Fsp3) is 1.00. The fourth-order valence-electron chi connectivity index (χ4n) is 1.03. The van der Waals surface area contributed by atoms with Gasteiger partial charge < -0.3 is 24.8 Å². The van der Waals surface area contributed by atoms with Gasteiger partial charge in [-0.3, -0.25) is 0 Å². The second-order valence-corrected chi connectivity index (χ2v) is 2.48. The van der Waals surface area contributed by atoms with Gasteiger partial charge in [-0.1, -0.05) is 0 Å². The van der Waals surface area contributed by atoms with Crippen LogP contribution < -0.4 is 0 Å². The monoisotopic (exact) mass is 164 g/mol. The van der Waals surface area contributed by atoms with Crippen LogP contribution in [0, 0.1) is 0 Å². The van der Waals surface area contributed by atoms with E-state index in [1.165, 1.54) is 7.11 Å². The standard InChI is InChI=1S/C6H12O5/c1-10-5-4(8)3(7)2-11-6(5)9/h3-9H,2H2,1H3/t3-,4+,5+,6+/m1/s1. The smallest absolute Gasteiger partial charge is 0.183 e. The Morgan fingerprint density at radius 1 is 1.36 bits per heavy atom. The predicted molar refractivity (Wildman–Crippen MR) is 34.8 cm³/mol. The summed E-state index contributed by atoms with van der Waals surface area (Å²) in [7, 11) is 1.33. The summed E-state index contributed by atoms with van der Waals surface area (Å²) in [5.74, 6) is 0. The highest BCUT2D eigenvalue weighted by Gasteiger charge is 2.37. The fourth-order valence-corrected chi connectivity index (χ4v) is 1.03. The molecule has 0 spiro atoms. The molecular formula is C6H12O5. The Bertz CT molecular complexity index is 128. The molecule has 3 N–H and O–H groups in total. The average Bonchev–Trinajstić information content (AvgIpc) is 1.99. The van der Waals surface area contributed by atoms with Gasteiger partial charge in [-0.2, -0.15) is 0 Å². The zero-order chi connectivity index (χ0) is 8.43. The molecule has 0 aromatic rings. The first-order valence-corrected chi connectivity index (χ1v) is 3.35. The Kier molecular flexibility index (Phi) is 2.80. The zero-order valence-electron chi connectivity index (χ0n) is 6.17. The Labute approximate surface area is 64.2 Å². The first kappa shape index (κ1) is 8.89. The lowest BCUT2D eigenvalue weighted by Gasteiger charge is -2.34. The normalized spacial score (nSPS) is 45.8. The molecule has 0 unspecified atom stereocenters. The van der Waals surface area contributed by atoms with Crippen molar-refractivity contribution in [2.75, 3.05) is 13.7 Å². The molecule has 1 heterocycles. The molecule has 66 valence electrons. The molecule has 11 heavy (non-hydrogen) atoms. The highest BCUT2D eigenvalue weighted by atomic mass is 16.6. The number of ether oxygens (including phenoxy) is 2. The van der Waals surface area contributed by atoms with E-state index in [9.17, 15) is 5.11 Å². The molecule has 0 bridgehead atoms. The van der Waals surface area contributed by atoms with Gasteiger partial charge in [-0.25, -0.2) is 0 Å². The summed E-state index contributed by atoms with van der Waals surface area (Å²) in [6, 6.07) is 0. The molecular weight excluding hydrogens is 152 g/mol. The van der Waals surface area contributed by atoms with Crippen LogP contribution >= 0.6 is 0 Å². The van der Waals surface area contributed by atoms with Gasteiger partial charge in [-0.05, 0) is 0 Å². The maximum absolute atomic E-state index is 9.19. The maximum Gasteiger partial charge on any atom is 0.183 e. The minimum atomic E-state index is -1.15. The van der Waals surface area contributed by atoms with Crippen molar-refractivity contribution in [1.29, 1.82) is 0 Å². The lowest BCUT2D eigenvalue weighted by molar-refractivity contribution is -0.258. The Balaban J connectivity index is 2.55. The molecule has 5 nitrogen and oxygen atoms in total. The van der Waals surface area contributed by atoms with Crippen LogP contribution in [0.1, 0.15) is 0 Å². The first-order valence-electron chi connectivity index (χ1n) is 3.35. The molecule has 0 aromatic carbocycles. The Morgan fingerprint density at radius 2 is 2.00 bits per heavy atom. The van der Waals surface area contributed by atoms with Gasteiger partial charge >= 0.3 is 0 Å². The summed E-state index contributed by atoms with van der Waals surface area (Å²) in [4.78, 5) is 0. The minimum absolute atomic E-state index is 0.0673. The summed E-state index contributed by atoms with van der Waals surface area (Å²) >= 11 is 0. The van der Waals surface area contributed by atoms with Crippen LogP contribution in [0.25, 0.3) is 0 Å². The second-order valence-electron chi connectivity index (χ2n) is 2.48. The molecule has 5 heteroatoms. The molecule has 4 atom stereocenters. The van der Waals surface area contributed by atoms with Crippen LogP contribution in [0.2, 0.25) is 0 Å². The van der Waals surface area contributed by atoms with E-state index in [1.54, 1.807) is 0 Å². The largest absolute Gasteiger partial charge is 0.388 e. The summed E-state index contributed by atoms with van der Waals surface area (Å²) in [5, 5.41) is 27.3. The van der Waals surface area contributed by atoms with E-state index in [1.807, 2.05) is 0 Å². The molecule has 0 aliphatic carbocycles. The van der Waals surface area contributed by atoms with E-state index >= 15 is 0 Å². The van der Waals surface area contributed by atoms with Crippen molar-refractivity contribution in [2.24, 2.45) is 0 Å². The van der Waals surface area contributed by atoms with Crippen molar-refractivity contribution in [1.82, 2.24) is 0 Å². The molecule has 1 aliphatic heterocycles. The summed E-state index contributed by atoms with van der Waals surface area (Å²) in [6.45, 7) is -0.0673. The predicted octanol–water partition coefficient (Wildman–Crippen LogP) is -1.93. The highest BCUT2D eigenvalue weighted by molar-refractivity contribution is 4.82. The summed E-state index contributed by atoms with van der Waals surface area (Å²) < 4.78 is 9.39. The number of methoxy groups -OCH3 is 1. The van der Waals surface area contributed by atoms with Gasteiger partial charge in [0.2, 0.25) is 0 Å². The van der Waals surface area contributed by atoms with Gasteiger partial charge in [0.1, 0.15) is 18.3 Å². The summed E-state index contributed by atoms with van der Waals surface area (Å²) in [5.41, 5.74) is 0. The number of hydrogen-bond donors (Lipinski definition) is 3. The molecule has 0 saturated carbocycles. The van der Waals surface area contributed by atoms with Crippen molar-refractivity contribution in [3.8, 4) is 0 Å². The third-order valence-electron chi connectivity index (χ3n) is 1.72. The Hall–Kier alpha value is -0.200. The van der Waals surface area contributed by atoms with E-state index in [-0.39, 0.29) is 6.61 Å². The van der Waals surface area contributed by atoms with Gasteiger partial charge in [0.15, 0.2) is 6.29 Å². The van der Waals surface area contributed by atoms with E-state index in [2.05, 4.69) is 4.74 Å². The van der Waals surface area contributed by atoms with Crippen LogP contribution in [0.3, 0.4) is 0 Å². The third-order valence-corrected chi connectivity index (χ3v) is 1.72. The number of hydrogen-bond acceptors (Lipinski definition) is 5. The average molecular weight is 164 g/mol. The number of aliphatic hydroxyl groups excluding tert-OH is 3. The van der Waals surface area contributed by atoms with Crippen LogP contribution in [0.4, 0.5) is 0 Å². The zero-order valence-corrected chi connectivity index (χ0v) is 6.17. The van der Waals surface area contributed by atoms with Crippen LogP contribution in [-0.2, 0) is 9.47 Å². The second kappa shape index (κ2) is 3.46. The molecule has 1 rings (SSSR count). The molecule has 0 amide bonds. The van der Waals surface area contributed by atoms with Gasteiger partial charge in [0, 0.05) is 7.11 Å². The molecule has 1 fully saturated rings. The van der Waals surface area contributed by atoms with E-state index in [0.29, 0.717) is 0 Å². The third kappa shape index (κ3) is 1.69. The first-order chi connectivity index (χ1) is 5.16. The van der Waals surface area contributed by atoms with Crippen molar-refractivity contribution < 1.29 is 24.8 Å².